The van der Waals surface area contributed by atoms with E-state index in [1.807, 2.05) is 0 Å². The van der Waals surface area contributed by atoms with Crippen LogP contribution in [0.3, 0.4) is 0 Å². The number of nitrogens with zero attached hydrogens (tertiary/aromatic N) is 2. The number of rotatable bonds is 7. The summed E-state index contributed by atoms with van der Waals surface area (Å²) in [4.78, 5) is 22.3. The second-order valence-corrected chi connectivity index (χ2v) is 5.80. The molecule has 0 atom stereocenters. The fourth-order valence-electron chi connectivity index (χ4n) is 1.91. The Morgan fingerprint density at radius 3 is 2.79 bits per heavy atom. The maximum absolute atomic E-state index is 11.9. The number of carbonyl (C=O) groups is 2. The van der Waals surface area contributed by atoms with Crippen LogP contribution >= 0.6 is 23.2 Å². The third kappa shape index (κ3) is 5.72. The average molecular weight is 368 g/mol. The second kappa shape index (κ2) is 8.52. The fourth-order valence-corrected chi connectivity index (χ4v) is 2.22. The van der Waals surface area contributed by atoms with Gasteiger partial charge in [-0.15, -0.1) is 0 Å². The number of halogens is 2. The number of hydrogen-bond donors (Lipinski definition) is 2. The van der Waals surface area contributed by atoms with Crippen molar-refractivity contribution in [3.63, 3.8) is 0 Å². The standard InChI is InChI=1S/C16H15Cl2N3O3/c17-13-5-3-11(8-14(13)18)4-6-15(22)20-12-9-19-21(10-12)7-1-2-16(23)24/h3-6,8-10H,1-2,7H2,(H,20,22)(H,23,24). The number of carboxylic acids is 1. The van der Waals surface area contributed by atoms with Crippen LogP contribution < -0.4 is 5.32 Å². The summed E-state index contributed by atoms with van der Waals surface area (Å²) in [6, 6.07) is 5.06. The van der Waals surface area contributed by atoms with Gasteiger partial charge in [0.25, 0.3) is 0 Å². The van der Waals surface area contributed by atoms with E-state index in [0.717, 1.165) is 5.56 Å². The van der Waals surface area contributed by atoms with E-state index in [-0.39, 0.29) is 12.3 Å². The molecule has 2 N–H and O–H groups in total. The van der Waals surface area contributed by atoms with Crippen molar-refractivity contribution >= 4 is 46.8 Å². The molecule has 126 valence electrons. The number of carbonyl (C=O) groups excluding carboxylic acids is 1. The molecular formula is C16H15Cl2N3O3. The SMILES string of the molecule is O=C(O)CCCn1cc(NC(=O)C=Cc2ccc(Cl)c(Cl)c2)cn1. The zero-order valence-electron chi connectivity index (χ0n) is 12.6. The highest BCUT2D eigenvalue weighted by molar-refractivity contribution is 6.42. The molecule has 1 amide bonds. The van der Waals surface area contributed by atoms with Gasteiger partial charge in [0.05, 0.1) is 21.9 Å². The summed E-state index contributed by atoms with van der Waals surface area (Å²) in [5.74, 6) is -1.16. The molecule has 2 rings (SSSR count). The highest BCUT2D eigenvalue weighted by atomic mass is 35.5. The molecule has 1 aromatic heterocycles. The number of amides is 1. The molecule has 0 radical (unpaired) electrons. The van der Waals surface area contributed by atoms with Crippen LogP contribution in [0.25, 0.3) is 6.08 Å². The van der Waals surface area contributed by atoms with Crippen molar-refractivity contribution in [2.75, 3.05) is 5.32 Å². The number of aromatic nitrogens is 2. The fraction of sp³-hybridized carbons (Fsp3) is 0.188. The topological polar surface area (TPSA) is 84.2 Å². The lowest BCUT2D eigenvalue weighted by molar-refractivity contribution is -0.137. The molecule has 0 aliphatic heterocycles. The van der Waals surface area contributed by atoms with E-state index in [0.29, 0.717) is 28.7 Å². The Morgan fingerprint density at radius 1 is 1.29 bits per heavy atom. The molecule has 0 aliphatic carbocycles. The van der Waals surface area contributed by atoms with Gasteiger partial charge in [0.15, 0.2) is 0 Å². The highest BCUT2D eigenvalue weighted by Gasteiger charge is 2.03. The molecule has 0 bridgehead atoms. The van der Waals surface area contributed by atoms with Gasteiger partial charge < -0.3 is 10.4 Å². The summed E-state index contributed by atoms with van der Waals surface area (Å²) in [5, 5.41) is 16.2. The Bertz CT molecular complexity index is 772. The molecule has 1 heterocycles. The highest BCUT2D eigenvalue weighted by Crippen LogP contribution is 2.23. The predicted molar refractivity (Wildman–Crippen MR) is 93.2 cm³/mol. The van der Waals surface area contributed by atoms with Gasteiger partial charge in [0, 0.05) is 25.2 Å². The van der Waals surface area contributed by atoms with E-state index in [1.165, 1.54) is 12.3 Å². The first-order valence-electron chi connectivity index (χ1n) is 7.12. The number of hydrogen-bond acceptors (Lipinski definition) is 3. The average Bonchev–Trinajstić information content (AvgIpc) is 2.95. The van der Waals surface area contributed by atoms with E-state index in [4.69, 9.17) is 28.3 Å². The van der Waals surface area contributed by atoms with Crippen molar-refractivity contribution in [2.24, 2.45) is 0 Å². The molecule has 6 nitrogen and oxygen atoms in total. The molecule has 1 aromatic carbocycles. The van der Waals surface area contributed by atoms with Crippen LogP contribution in [-0.2, 0) is 16.1 Å². The normalized spacial score (nSPS) is 10.9. The van der Waals surface area contributed by atoms with Crippen LogP contribution in [0.1, 0.15) is 18.4 Å². The molecular weight excluding hydrogens is 353 g/mol. The largest absolute Gasteiger partial charge is 0.481 e. The van der Waals surface area contributed by atoms with Crippen molar-refractivity contribution in [3.05, 3.63) is 52.3 Å². The van der Waals surface area contributed by atoms with Gasteiger partial charge in [-0.1, -0.05) is 29.3 Å². The van der Waals surface area contributed by atoms with Gasteiger partial charge in [-0.3, -0.25) is 14.3 Å². The summed E-state index contributed by atoms with van der Waals surface area (Å²) >= 11 is 11.7. The molecule has 0 spiro atoms. The molecule has 0 fully saturated rings. The number of aryl methyl sites for hydroxylation is 1. The first-order valence-corrected chi connectivity index (χ1v) is 7.88. The van der Waals surface area contributed by atoms with E-state index >= 15 is 0 Å². The minimum absolute atomic E-state index is 0.0773. The lowest BCUT2D eigenvalue weighted by Gasteiger charge is -2.00. The van der Waals surface area contributed by atoms with E-state index in [2.05, 4.69) is 10.4 Å². The van der Waals surface area contributed by atoms with Crippen LogP contribution in [-0.4, -0.2) is 26.8 Å². The van der Waals surface area contributed by atoms with Crippen LogP contribution in [0.15, 0.2) is 36.7 Å². The summed E-state index contributed by atoms with van der Waals surface area (Å²) in [7, 11) is 0. The minimum Gasteiger partial charge on any atom is -0.481 e. The Kier molecular flexibility index (Phi) is 6.40. The van der Waals surface area contributed by atoms with Gasteiger partial charge in [-0.05, 0) is 30.2 Å². The van der Waals surface area contributed by atoms with Gasteiger partial charge in [-0.2, -0.15) is 5.10 Å². The van der Waals surface area contributed by atoms with Crippen molar-refractivity contribution in [2.45, 2.75) is 19.4 Å². The summed E-state index contributed by atoms with van der Waals surface area (Å²) < 4.78 is 1.58. The van der Waals surface area contributed by atoms with Crippen molar-refractivity contribution in [3.8, 4) is 0 Å². The van der Waals surface area contributed by atoms with Crippen molar-refractivity contribution in [1.82, 2.24) is 9.78 Å². The van der Waals surface area contributed by atoms with Crippen LogP contribution in [0.5, 0.6) is 0 Å². The van der Waals surface area contributed by atoms with Crippen LogP contribution in [0, 0.1) is 0 Å². The third-order valence-electron chi connectivity index (χ3n) is 3.05. The zero-order valence-corrected chi connectivity index (χ0v) is 14.1. The zero-order chi connectivity index (χ0) is 17.5. The molecule has 0 aliphatic rings. The number of anilines is 1. The number of carboxylic acid groups (broad SMARTS) is 1. The summed E-state index contributed by atoms with van der Waals surface area (Å²) in [6.45, 7) is 0.473. The van der Waals surface area contributed by atoms with Crippen molar-refractivity contribution < 1.29 is 14.7 Å². The molecule has 2 aromatic rings. The first kappa shape index (κ1) is 18.0. The Hall–Kier alpha value is -2.31. The predicted octanol–water partition coefficient (Wildman–Crippen LogP) is 3.71. The first-order chi connectivity index (χ1) is 11.4. The molecule has 8 heteroatoms. The van der Waals surface area contributed by atoms with Crippen LogP contribution in [0.2, 0.25) is 10.0 Å². The maximum atomic E-state index is 11.9. The van der Waals surface area contributed by atoms with E-state index in [1.54, 1.807) is 35.2 Å². The van der Waals surface area contributed by atoms with Gasteiger partial charge >= 0.3 is 5.97 Å². The molecule has 0 saturated carbocycles. The van der Waals surface area contributed by atoms with E-state index < -0.39 is 5.97 Å². The summed E-state index contributed by atoms with van der Waals surface area (Å²) in [6.07, 6.45) is 6.70. The lowest BCUT2D eigenvalue weighted by Crippen LogP contribution is -2.07. The van der Waals surface area contributed by atoms with E-state index in [9.17, 15) is 9.59 Å². The molecule has 24 heavy (non-hydrogen) atoms. The molecule has 0 unspecified atom stereocenters. The molecule has 0 saturated heterocycles. The van der Waals surface area contributed by atoms with Crippen LogP contribution in [0.4, 0.5) is 5.69 Å². The van der Waals surface area contributed by atoms with Gasteiger partial charge in [0.1, 0.15) is 0 Å². The van der Waals surface area contributed by atoms with Crippen molar-refractivity contribution in [1.29, 1.82) is 0 Å². The monoisotopic (exact) mass is 367 g/mol. The lowest BCUT2D eigenvalue weighted by atomic mass is 10.2. The second-order valence-electron chi connectivity index (χ2n) is 4.99. The third-order valence-corrected chi connectivity index (χ3v) is 3.79. The Morgan fingerprint density at radius 2 is 2.08 bits per heavy atom. The number of nitrogens with one attached hydrogen (secondary N) is 1. The Labute approximate surface area is 148 Å². The minimum atomic E-state index is -0.844. The number of benzene rings is 1. The number of aliphatic carboxylic acids is 1. The van der Waals surface area contributed by atoms with Gasteiger partial charge in [-0.25, -0.2) is 0 Å². The Balaban J connectivity index is 1.87. The summed E-state index contributed by atoms with van der Waals surface area (Å²) in [5.41, 5.74) is 1.29. The maximum Gasteiger partial charge on any atom is 0.303 e. The van der Waals surface area contributed by atoms with Gasteiger partial charge in [0.2, 0.25) is 5.91 Å². The smallest absolute Gasteiger partial charge is 0.303 e. The quantitative estimate of drug-likeness (QED) is 0.730.